The fourth-order valence-electron chi connectivity index (χ4n) is 2.03. The largest absolute Gasteiger partial charge is 0.493 e. The third-order valence-corrected chi connectivity index (χ3v) is 3.59. The molecule has 1 atom stereocenters. The molecular formula is C12H13BrN2O4. The number of hydrogen-bond acceptors (Lipinski definition) is 5. The highest BCUT2D eigenvalue weighted by atomic mass is 79.9. The van der Waals surface area contributed by atoms with Gasteiger partial charge in [-0.2, -0.15) is 0 Å². The van der Waals surface area contributed by atoms with Crippen molar-refractivity contribution in [1.82, 2.24) is 5.32 Å². The summed E-state index contributed by atoms with van der Waals surface area (Å²) in [5, 5.41) is 13.6. The van der Waals surface area contributed by atoms with Gasteiger partial charge in [0.2, 0.25) is 0 Å². The zero-order valence-electron chi connectivity index (χ0n) is 10.5. The predicted octanol–water partition coefficient (Wildman–Crippen LogP) is 2.36. The molecule has 0 saturated carbocycles. The van der Waals surface area contributed by atoms with Crippen molar-refractivity contribution in [2.45, 2.75) is 11.4 Å². The first-order chi connectivity index (χ1) is 9.05. The first-order valence-electron chi connectivity index (χ1n) is 5.54. The summed E-state index contributed by atoms with van der Waals surface area (Å²) in [5.74, 6) is 1.25. The first kappa shape index (κ1) is 13.7. The van der Waals surface area contributed by atoms with Gasteiger partial charge in [0.15, 0.2) is 11.5 Å². The topological polar surface area (TPSA) is 73.6 Å². The van der Waals surface area contributed by atoms with Crippen LogP contribution in [0.15, 0.2) is 24.0 Å². The van der Waals surface area contributed by atoms with Crippen molar-refractivity contribution in [2.24, 2.45) is 0 Å². The molecule has 1 N–H and O–H groups in total. The minimum atomic E-state index is -0.464. The number of nitro groups is 1. The quantitative estimate of drug-likeness (QED) is 0.399. The van der Waals surface area contributed by atoms with Crippen LogP contribution in [0.3, 0.4) is 0 Å². The summed E-state index contributed by atoms with van der Waals surface area (Å²) in [6.45, 7) is 0. The molecule has 7 heteroatoms. The summed E-state index contributed by atoms with van der Waals surface area (Å²) < 4.78 is 10.5. The highest BCUT2D eigenvalue weighted by Gasteiger charge is 2.24. The van der Waals surface area contributed by atoms with Crippen LogP contribution in [0.4, 0.5) is 0 Å². The number of nitrogens with zero attached hydrogens (tertiary/aromatic N) is 1. The van der Waals surface area contributed by atoms with Gasteiger partial charge in [-0.3, -0.25) is 10.1 Å². The number of alkyl halides is 1. The zero-order valence-corrected chi connectivity index (χ0v) is 12.1. The molecule has 6 nitrogen and oxygen atoms in total. The van der Waals surface area contributed by atoms with E-state index in [-0.39, 0.29) is 4.95 Å². The zero-order chi connectivity index (χ0) is 14.0. The standard InChI is InChI=1S/C12H13BrN2O4/c1-18-10-4-7-3-8(6-15(16)17)14-12(13)9(7)5-11(10)19-2/h4-6,12,14H,3H2,1-2H3. The van der Waals surface area contributed by atoms with E-state index in [4.69, 9.17) is 9.47 Å². The van der Waals surface area contributed by atoms with E-state index >= 15 is 0 Å². The highest BCUT2D eigenvalue weighted by Crippen LogP contribution is 2.38. The smallest absolute Gasteiger partial charge is 0.253 e. The van der Waals surface area contributed by atoms with E-state index in [0.29, 0.717) is 23.6 Å². The Balaban J connectivity index is 2.44. The average Bonchev–Trinajstić information content (AvgIpc) is 2.36. The van der Waals surface area contributed by atoms with E-state index in [0.717, 1.165) is 17.3 Å². The Hall–Kier alpha value is -1.76. The minimum Gasteiger partial charge on any atom is -0.493 e. The minimum absolute atomic E-state index is 0.192. The van der Waals surface area contributed by atoms with E-state index in [1.54, 1.807) is 14.2 Å². The Morgan fingerprint density at radius 1 is 1.42 bits per heavy atom. The van der Waals surface area contributed by atoms with Crippen LogP contribution in [-0.2, 0) is 6.42 Å². The summed E-state index contributed by atoms with van der Waals surface area (Å²) >= 11 is 3.46. The van der Waals surface area contributed by atoms with Gasteiger partial charge >= 0.3 is 0 Å². The number of hydrogen-bond donors (Lipinski definition) is 1. The lowest BCUT2D eigenvalue weighted by molar-refractivity contribution is -0.403. The van der Waals surface area contributed by atoms with E-state index in [2.05, 4.69) is 21.2 Å². The summed E-state index contributed by atoms with van der Waals surface area (Å²) in [6.07, 6.45) is 1.44. The van der Waals surface area contributed by atoms with Gasteiger partial charge in [-0.05, 0) is 23.3 Å². The van der Waals surface area contributed by atoms with Crippen molar-refractivity contribution in [3.63, 3.8) is 0 Å². The van der Waals surface area contributed by atoms with Gasteiger partial charge in [-0.25, -0.2) is 0 Å². The van der Waals surface area contributed by atoms with E-state index in [1.165, 1.54) is 0 Å². The van der Waals surface area contributed by atoms with Crippen molar-refractivity contribution in [2.75, 3.05) is 14.2 Å². The molecule has 1 aliphatic heterocycles. The lowest BCUT2D eigenvalue weighted by atomic mass is 9.98. The molecule has 2 rings (SSSR count). The molecule has 1 aliphatic rings. The first-order valence-corrected chi connectivity index (χ1v) is 6.46. The van der Waals surface area contributed by atoms with Crippen molar-refractivity contribution in [3.8, 4) is 11.5 Å². The van der Waals surface area contributed by atoms with Gasteiger partial charge in [-0.15, -0.1) is 0 Å². The Morgan fingerprint density at radius 2 is 2.05 bits per heavy atom. The molecule has 0 radical (unpaired) electrons. The molecule has 0 aliphatic carbocycles. The Bertz CT molecular complexity index is 545. The summed E-state index contributed by atoms with van der Waals surface area (Å²) in [5.41, 5.74) is 2.50. The number of fused-ring (bicyclic) bond motifs is 1. The lowest BCUT2D eigenvalue weighted by Crippen LogP contribution is -2.25. The predicted molar refractivity (Wildman–Crippen MR) is 73.1 cm³/mol. The molecule has 0 spiro atoms. The molecule has 0 bridgehead atoms. The van der Waals surface area contributed by atoms with Crippen LogP contribution in [-0.4, -0.2) is 19.1 Å². The van der Waals surface area contributed by atoms with Crippen molar-refractivity contribution >= 4 is 15.9 Å². The summed E-state index contributed by atoms with van der Waals surface area (Å²) in [7, 11) is 3.13. The molecule has 1 heterocycles. The molecule has 0 saturated heterocycles. The fourth-order valence-corrected chi connectivity index (χ4v) is 2.75. The Morgan fingerprint density at radius 3 is 2.63 bits per heavy atom. The molecule has 0 aromatic heterocycles. The van der Waals surface area contributed by atoms with Crippen LogP contribution < -0.4 is 14.8 Å². The summed E-state index contributed by atoms with van der Waals surface area (Å²) in [4.78, 5) is 9.88. The Kier molecular flexibility index (Phi) is 3.94. The number of halogens is 1. The van der Waals surface area contributed by atoms with Crippen LogP contribution in [0.2, 0.25) is 0 Å². The number of allylic oxidation sites excluding steroid dienone is 1. The van der Waals surface area contributed by atoms with Crippen LogP contribution in [0.25, 0.3) is 0 Å². The number of rotatable bonds is 3. The van der Waals surface area contributed by atoms with Crippen LogP contribution >= 0.6 is 15.9 Å². The van der Waals surface area contributed by atoms with Gasteiger partial charge in [0.25, 0.3) is 6.20 Å². The van der Waals surface area contributed by atoms with Crippen molar-refractivity contribution in [1.29, 1.82) is 0 Å². The maximum absolute atomic E-state index is 10.5. The molecule has 1 aromatic carbocycles. The Labute approximate surface area is 118 Å². The summed E-state index contributed by atoms with van der Waals surface area (Å²) in [6, 6.07) is 3.71. The maximum Gasteiger partial charge on any atom is 0.253 e. The van der Waals surface area contributed by atoms with Crippen molar-refractivity contribution in [3.05, 3.63) is 45.3 Å². The van der Waals surface area contributed by atoms with Gasteiger partial charge in [0.1, 0.15) is 4.95 Å². The molecule has 0 fully saturated rings. The number of methoxy groups -OCH3 is 2. The number of nitrogens with one attached hydrogen (secondary N) is 1. The molecule has 1 aromatic rings. The van der Waals surface area contributed by atoms with Gasteiger partial charge in [0, 0.05) is 6.42 Å². The number of benzene rings is 1. The highest BCUT2D eigenvalue weighted by molar-refractivity contribution is 9.09. The molecule has 1 unspecified atom stereocenters. The SMILES string of the molecule is COc1cc2c(cc1OC)C(Br)NC(=C[N+](=O)[O-])C2. The van der Waals surface area contributed by atoms with E-state index in [9.17, 15) is 10.1 Å². The van der Waals surface area contributed by atoms with Crippen LogP contribution in [0.5, 0.6) is 11.5 Å². The third-order valence-electron chi connectivity index (χ3n) is 2.87. The van der Waals surface area contributed by atoms with E-state index < -0.39 is 4.92 Å². The normalized spacial score (nSPS) is 19.5. The van der Waals surface area contributed by atoms with Crippen LogP contribution in [0, 0.1) is 10.1 Å². The second-order valence-corrected chi connectivity index (χ2v) is 4.95. The second kappa shape index (κ2) is 5.48. The second-order valence-electron chi connectivity index (χ2n) is 4.03. The monoisotopic (exact) mass is 328 g/mol. The molecule has 102 valence electrons. The molecule has 0 amide bonds. The molecular weight excluding hydrogens is 316 g/mol. The molecule has 19 heavy (non-hydrogen) atoms. The van der Waals surface area contributed by atoms with Gasteiger partial charge in [0.05, 0.1) is 24.8 Å². The van der Waals surface area contributed by atoms with E-state index in [1.807, 2.05) is 12.1 Å². The van der Waals surface area contributed by atoms with Gasteiger partial charge in [-0.1, -0.05) is 15.9 Å². The lowest BCUT2D eigenvalue weighted by Gasteiger charge is -2.25. The number of ether oxygens (including phenoxy) is 2. The third kappa shape index (κ3) is 2.81. The van der Waals surface area contributed by atoms with Crippen LogP contribution in [0.1, 0.15) is 16.1 Å². The van der Waals surface area contributed by atoms with Gasteiger partial charge < -0.3 is 14.8 Å². The average molecular weight is 329 g/mol. The fraction of sp³-hybridized carbons (Fsp3) is 0.333. The maximum atomic E-state index is 10.5. The van der Waals surface area contributed by atoms with Crippen molar-refractivity contribution < 1.29 is 14.4 Å².